The molecule has 5 nitrogen and oxygen atoms in total. The van der Waals surface area contributed by atoms with E-state index in [0.29, 0.717) is 23.8 Å². The number of carbonyl (C=O) groups is 1. The van der Waals surface area contributed by atoms with Crippen molar-refractivity contribution in [1.29, 1.82) is 0 Å². The summed E-state index contributed by atoms with van der Waals surface area (Å²) in [5.41, 5.74) is 6.61. The summed E-state index contributed by atoms with van der Waals surface area (Å²) in [6, 6.07) is 3.28. The summed E-state index contributed by atoms with van der Waals surface area (Å²) in [6.45, 7) is 2.28. The first-order valence-electron chi connectivity index (χ1n) is 6.21. The summed E-state index contributed by atoms with van der Waals surface area (Å²) in [5.74, 6) is 0.335. The van der Waals surface area contributed by atoms with Crippen LogP contribution in [0.3, 0.4) is 0 Å². The number of aromatic nitrogens is 1. The molecule has 0 aliphatic carbocycles. The summed E-state index contributed by atoms with van der Waals surface area (Å²) in [4.78, 5) is 17.9. The van der Waals surface area contributed by atoms with E-state index in [1.165, 1.54) is 0 Å². The van der Waals surface area contributed by atoms with E-state index in [4.69, 9.17) is 10.5 Å². The van der Waals surface area contributed by atoms with Gasteiger partial charge >= 0.3 is 0 Å². The summed E-state index contributed by atoms with van der Waals surface area (Å²) in [6.07, 6.45) is 3.74. The third-order valence-electron chi connectivity index (χ3n) is 3.14. The molecule has 5 heteroatoms. The van der Waals surface area contributed by atoms with Gasteiger partial charge < -0.3 is 15.4 Å². The van der Waals surface area contributed by atoms with Crippen LogP contribution in [-0.2, 0) is 4.74 Å². The van der Waals surface area contributed by atoms with E-state index in [1.54, 1.807) is 30.3 Å². The highest BCUT2D eigenvalue weighted by Crippen LogP contribution is 2.15. The molecule has 1 aliphatic rings. The van der Waals surface area contributed by atoms with Crippen molar-refractivity contribution in [2.45, 2.75) is 12.8 Å². The van der Waals surface area contributed by atoms with Crippen LogP contribution >= 0.6 is 0 Å². The van der Waals surface area contributed by atoms with E-state index < -0.39 is 0 Å². The highest BCUT2D eigenvalue weighted by Gasteiger charge is 2.20. The Bertz CT molecular complexity index is 416. The first-order valence-corrected chi connectivity index (χ1v) is 6.21. The molecule has 1 aromatic rings. The van der Waals surface area contributed by atoms with Crippen LogP contribution in [0, 0.1) is 5.92 Å². The fourth-order valence-electron chi connectivity index (χ4n) is 2.18. The van der Waals surface area contributed by atoms with Crippen LogP contribution in [0.1, 0.15) is 23.3 Å². The average Bonchev–Trinajstić information content (AvgIpc) is 2.39. The fraction of sp³-hybridized carbons (Fsp3) is 0.538. The minimum atomic E-state index is -0.0899. The minimum absolute atomic E-state index is 0.0899. The van der Waals surface area contributed by atoms with Gasteiger partial charge in [0.15, 0.2) is 0 Å². The number of hydrogen-bond acceptors (Lipinski definition) is 4. The summed E-state index contributed by atoms with van der Waals surface area (Å²) < 4.78 is 5.41. The highest BCUT2D eigenvalue weighted by atomic mass is 16.5. The lowest BCUT2D eigenvalue weighted by atomic mass is 10.0. The molecular formula is C13H19N3O2. The van der Waals surface area contributed by atoms with Crippen molar-refractivity contribution in [3.8, 4) is 0 Å². The topological polar surface area (TPSA) is 68.5 Å². The predicted molar refractivity (Wildman–Crippen MR) is 69.2 cm³/mol. The van der Waals surface area contributed by atoms with Gasteiger partial charge in [-0.25, -0.2) is 0 Å². The molecule has 1 aromatic heterocycles. The zero-order chi connectivity index (χ0) is 13.0. The number of pyridine rings is 1. The van der Waals surface area contributed by atoms with Gasteiger partial charge in [0.2, 0.25) is 0 Å². The largest absolute Gasteiger partial charge is 0.399 e. The van der Waals surface area contributed by atoms with Gasteiger partial charge in [-0.2, -0.15) is 0 Å². The average molecular weight is 249 g/mol. The molecular weight excluding hydrogens is 230 g/mol. The molecule has 2 heterocycles. The summed E-state index contributed by atoms with van der Waals surface area (Å²) in [7, 11) is 1.79. The quantitative estimate of drug-likeness (QED) is 0.873. The maximum atomic E-state index is 12.1. The van der Waals surface area contributed by atoms with Crippen molar-refractivity contribution < 1.29 is 9.53 Å². The number of ether oxygens (including phenoxy) is 1. The molecule has 0 radical (unpaired) electrons. The number of carbonyl (C=O) groups excluding carboxylic acids is 1. The number of rotatable bonds is 3. The first-order chi connectivity index (χ1) is 8.66. The highest BCUT2D eigenvalue weighted by molar-refractivity contribution is 5.92. The van der Waals surface area contributed by atoms with Crippen molar-refractivity contribution in [1.82, 2.24) is 9.88 Å². The number of nitrogens with zero attached hydrogens (tertiary/aromatic N) is 2. The Balaban J connectivity index is 1.95. The smallest absolute Gasteiger partial charge is 0.272 e. The van der Waals surface area contributed by atoms with E-state index in [0.717, 1.165) is 26.1 Å². The second-order valence-corrected chi connectivity index (χ2v) is 4.74. The molecule has 0 aromatic carbocycles. The number of hydrogen-bond donors (Lipinski definition) is 1. The molecule has 98 valence electrons. The Labute approximate surface area is 107 Å². The number of nitrogen functional groups attached to an aromatic ring is 1. The van der Waals surface area contributed by atoms with Gasteiger partial charge in [0.05, 0.1) is 6.61 Å². The maximum absolute atomic E-state index is 12.1. The van der Waals surface area contributed by atoms with Gasteiger partial charge in [-0.15, -0.1) is 0 Å². The van der Waals surface area contributed by atoms with Gasteiger partial charge in [-0.3, -0.25) is 9.78 Å². The number of anilines is 1. The Morgan fingerprint density at radius 3 is 3.17 bits per heavy atom. The summed E-state index contributed by atoms with van der Waals surface area (Å²) >= 11 is 0. The van der Waals surface area contributed by atoms with Crippen LogP contribution in [0.15, 0.2) is 18.3 Å². The second kappa shape index (κ2) is 5.82. The van der Waals surface area contributed by atoms with Crippen molar-refractivity contribution in [3.05, 3.63) is 24.0 Å². The van der Waals surface area contributed by atoms with Gasteiger partial charge in [0.1, 0.15) is 5.69 Å². The zero-order valence-corrected chi connectivity index (χ0v) is 10.6. The maximum Gasteiger partial charge on any atom is 0.272 e. The molecule has 1 fully saturated rings. The van der Waals surface area contributed by atoms with Gasteiger partial charge in [-0.05, 0) is 30.9 Å². The third kappa shape index (κ3) is 3.20. The van der Waals surface area contributed by atoms with Crippen LogP contribution in [0.2, 0.25) is 0 Å². The zero-order valence-electron chi connectivity index (χ0n) is 10.6. The molecule has 18 heavy (non-hydrogen) atoms. The monoisotopic (exact) mass is 249 g/mol. The van der Waals surface area contributed by atoms with Crippen LogP contribution in [0.25, 0.3) is 0 Å². The van der Waals surface area contributed by atoms with Gasteiger partial charge in [0, 0.05) is 32.1 Å². The van der Waals surface area contributed by atoms with Crippen molar-refractivity contribution in [3.63, 3.8) is 0 Å². The number of nitrogens with two attached hydrogens (primary N) is 1. The molecule has 1 saturated heterocycles. The lowest BCUT2D eigenvalue weighted by molar-refractivity contribution is 0.0387. The van der Waals surface area contributed by atoms with E-state index in [2.05, 4.69) is 4.98 Å². The Hall–Kier alpha value is -1.62. The molecule has 2 rings (SSSR count). The second-order valence-electron chi connectivity index (χ2n) is 4.74. The minimum Gasteiger partial charge on any atom is -0.399 e. The summed E-state index contributed by atoms with van der Waals surface area (Å²) in [5, 5.41) is 0. The van der Waals surface area contributed by atoms with E-state index >= 15 is 0 Å². The van der Waals surface area contributed by atoms with Crippen LogP contribution in [-0.4, -0.2) is 42.6 Å². The van der Waals surface area contributed by atoms with Gasteiger partial charge in [0.25, 0.3) is 5.91 Å². The van der Waals surface area contributed by atoms with Crippen molar-refractivity contribution >= 4 is 11.6 Å². The number of amides is 1. The molecule has 0 saturated carbocycles. The Morgan fingerprint density at radius 2 is 2.50 bits per heavy atom. The normalized spacial score (nSPS) is 19.5. The Kier molecular flexibility index (Phi) is 4.15. The predicted octanol–water partition coefficient (Wildman–Crippen LogP) is 1.16. The molecule has 1 unspecified atom stereocenters. The van der Waals surface area contributed by atoms with E-state index in [-0.39, 0.29) is 5.91 Å². The van der Waals surface area contributed by atoms with Crippen molar-refractivity contribution in [2.24, 2.45) is 5.92 Å². The molecule has 1 aliphatic heterocycles. The standard InChI is InChI=1S/C13H19N3O2/c1-16(8-10-3-2-6-18-9-10)13(17)12-7-11(14)4-5-15-12/h4-5,7,10H,2-3,6,8-9H2,1H3,(H2,14,15). The molecule has 2 N–H and O–H groups in total. The lowest BCUT2D eigenvalue weighted by Gasteiger charge is -2.27. The van der Waals surface area contributed by atoms with E-state index in [9.17, 15) is 4.79 Å². The lowest BCUT2D eigenvalue weighted by Crippen LogP contribution is -2.35. The van der Waals surface area contributed by atoms with Crippen LogP contribution < -0.4 is 5.73 Å². The van der Waals surface area contributed by atoms with Gasteiger partial charge in [-0.1, -0.05) is 0 Å². The third-order valence-corrected chi connectivity index (χ3v) is 3.14. The molecule has 1 atom stereocenters. The van der Waals surface area contributed by atoms with E-state index in [1.807, 2.05) is 0 Å². The van der Waals surface area contributed by atoms with Crippen LogP contribution in [0.4, 0.5) is 5.69 Å². The Morgan fingerprint density at radius 1 is 1.67 bits per heavy atom. The molecule has 0 spiro atoms. The molecule has 1 amide bonds. The fourth-order valence-corrected chi connectivity index (χ4v) is 2.18. The molecule has 0 bridgehead atoms. The van der Waals surface area contributed by atoms with Crippen LogP contribution in [0.5, 0.6) is 0 Å². The first kappa shape index (κ1) is 12.8. The van der Waals surface area contributed by atoms with Crippen molar-refractivity contribution in [2.75, 3.05) is 32.5 Å². The SMILES string of the molecule is CN(CC1CCCOC1)C(=O)c1cc(N)ccn1.